The van der Waals surface area contributed by atoms with Gasteiger partial charge < -0.3 is 5.73 Å². The van der Waals surface area contributed by atoms with Gasteiger partial charge in [0.1, 0.15) is 10.8 Å². The molecule has 0 aliphatic rings. The van der Waals surface area contributed by atoms with Gasteiger partial charge in [-0.05, 0) is 18.2 Å². The van der Waals surface area contributed by atoms with E-state index in [9.17, 15) is 4.39 Å². The van der Waals surface area contributed by atoms with E-state index in [4.69, 9.17) is 5.73 Å². The predicted octanol–water partition coefficient (Wildman–Crippen LogP) is 2.91. The highest BCUT2D eigenvalue weighted by molar-refractivity contribution is 7.81. The Balaban J connectivity index is 2.88. The Labute approximate surface area is 78.4 Å². The molecule has 12 heavy (non-hydrogen) atoms. The van der Waals surface area contributed by atoms with Crippen LogP contribution in [0.15, 0.2) is 23.1 Å². The minimum absolute atomic E-state index is 0.254. The van der Waals surface area contributed by atoms with Crippen molar-refractivity contribution >= 4 is 39.1 Å². The van der Waals surface area contributed by atoms with Crippen LogP contribution in [0.5, 0.6) is 0 Å². The molecular formula is C8H6FNS2. The molecule has 0 aliphatic carbocycles. The van der Waals surface area contributed by atoms with Crippen LogP contribution < -0.4 is 5.73 Å². The summed E-state index contributed by atoms with van der Waals surface area (Å²) in [5.41, 5.74) is 5.62. The topological polar surface area (TPSA) is 26.0 Å². The molecule has 0 unspecified atom stereocenters. The highest BCUT2D eigenvalue weighted by atomic mass is 32.1. The summed E-state index contributed by atoms with van der Waals surface area (Å²) in [4.78, 5) is 0.675. The molecule has 1 nitrogen and oxygen atoms in total. The lowest BCUT2D eigenvalue weighted by atomic mass is 10.2. The molecule has 0 saturated carbocycles. The predicted molar refractivity (Wildman–Crippen MR) is 53.4 cm³/mol. The molecular weight excluding hydrogens is 193 g/mol. The molecule has 0 spiro atoms. The molecule has 4 heteroatoms. The molecule has 0 aliphatic heterocycles. The quantitative estimate of drug-likeness (QED) is 0.627. The van der Waals surface area contributed by atoms with Crippen LogP contribution in [0.4, 0.5) is 9.39 Å². The number of thiophene rings is 1. The third kappa shape index (κ3) is 1.07. The molecule has 0 fully saturated rings. The third-order valence-electron chi connectivity index (χ3n) is 1.65. The highest BCUT2D eigenvalue weighted by Gasteiger charge is 2.06. The second kappa shape index (κ2) is 2.64. The van der Waals surface area contributed by atoms with Crippen molar-refractivity contribution in [2.45, 2.75) is 4.90 Å². The van der Waals surface area contributed by atoms with E-state index in [2.05, 4.69) is 12.6 Å². The number of hydrogen-bond donors (Lipinski definition) is 2. The van der Waals surface area contributed by atoms with Crippen molar-refractivity contribution in [1.82, 2.24) is 0 Å². The minimum Gasteiger partial charge on any atom is -0.390 e. The van der Waals surface area contributed by atoms with Crippen molar-refractivity contribution in [3.63, 3.8) is 0 Å². The van der Waals surface area contributed by atoms with Gasteiger partial charge in [-0.25, -0.2) is 4.39 Å². The normalized spacial score (nSPS) is 10.8. The van der Waals surface area contributed by atoms with Crippen LogP contribution >= 0.6 is 24.0 Å². The van der Waals surface area contributed by atoms with Crippen LogP contribution in [0.25, 0.3) is 10.1 Å². The molecule has 62 valence electrons. The summed E-state index contributed by atoms with van der Waals surface area (Å²) in [6, 6.07) is 4.58. The fourth-order valence-corrected chi connectivity index (χ4v) is 2.32. The Morgan fingerprint density at radius 2 is 2.17 bits per heavy atom. The number of rotatable bonds is 0. The maximum atomic E-state index is 12.8. The first-order chi connectivity index (χ1) is 5.68. The molecule has 2 rings (SSSR count). The van der Waals surface area contributed by atoms with E-state index in [1.807, 2.05) is 0 Å². The lowest BCUT2D eigenvalue weighted by Gasteiger charge is -1.90. The zero-order valence-corrected chi connectivity index (χ0v) is 7.75. The molecule has 0 radical (unpaired) electrons. The lowest BCUT2D eigenvalue weighted by molar-refractivity contribution is 0.629. The number of anilines is 1. The summed E-state index contributed by atoms with van der Waals surface area (Å²) >= 11 is 5.60. The first kappa shape index (κ1) is 7.89. The summed E-state index contributed by atoms with van der Waals surface area (Å²) < 4.78 is 13.7. The van der Waals surface area contributed by atoms with E-state index < -0.39 is 0 Å². The molecule has 2 aromatic rings. The van der Waals surface area contributed by atoms with Crippen molar-refractivity contribution < 1.29 is 4.39 Å². The SMILES string of the molecule is Nc1sc2ccc(F)cc2c1S. The number of benzene rings is 1. The maximum Gasteiger partial charge on any atom is 0.123 e. The van der Waals surface area contributed by atoms with E-state index in [1.54, 1.807) is 6.07 Å². The second-order valence-electron chi connectivity index (χ2n) is 2.46. The molecule has 1 aromatic heterocycles. The van der Waals surface area contributed by atoms with E-state index >= 15 is 0 Å². The standard InChI is InChI=1S/C8H6FNS2/c9-4-1-2-6-5(3-4)7(11)8(10)12-6/h1-3,11H,10H2. The number of halogens is 1. The molecule has 0 atom stereocenters. The lowest BCUT2D eigenvalue weighted by Crippen LogP contribution is -1.77. The summed E-state index contributed by atoms with van der Waals surface area (Å²) in [6.45, 7) is 0. The van der Waals surface area contributed by atoms with Crippen molar-refractivity contribution in [3.8, 4) is 0 Å². The van der Waals surface area contributed by atoms with Gasteiger partial charge in [0, 0.05) is 15.0 Å². The van der Waals surface area contributed by atoms with Crippen molar-refractivity contribution in [3.05, 3.63) is 24.0 Å². The van der Waals surface area contributed by atoms with Gasteiger partial charge in [0.25, 0.3) is 0 Å². The first-order valence-corrected chi connectivity index (χ1v) is 4.61. The van der Waals surface area contributed by atoms with Crippen LogP contribution in [0.1, 0.15) is 0 Å². The van der Waals surface area contributed by atoms with Gasteiger partial charge in [-0.1, -0.05) is 0 Å². The Morgan fingerprint density at radius 1 is 1.42 bits per heavy atom. The maximum absolute atomic E-state index is 12.8. The van der Waals surface area contributed by atoms with Crippen molar-refractivity contribution in [2.24, 2.45) is 0 Å². The summed E-state index contributed by atoms with van der Waals surface area (Å²) in [6.07, 6.45) is 0. The average Bonchev–Trinajstić information content (AvgIpc) is 2.31. The zero-order valence-electron chi connectivity index (χ0n) is 6.04. The number of nitrogen functional groups attached to an aromatic ring is 1. The Morgan fingerprint density at radius 3 is 2.92 bits per heavy atom. The molecule has 1 aromatic carbocycles. The first-order valence-electron chi connectivity index (χ1n) is 3.35. The smallest absolute Gasteiger partial charge is 0.123 e. The van der Waals surface area contributed by atoms with Crippen molar-refractivity contribution in [1.29, 1.82) is 0 Å². The molecule has 0 saturated heterocycles. The van der Waals surface area contributed by atoms with Gasteiger partial charge >= 0.3 is 0 Å². The minimum atomic E-state index is -0.254. The molecule has 1 heterocycles. The second-order valence-corrected chi connectivity index (χ2v) is 3.99. The van der Waals surface area contributed by atoms with Gasteiger partial charge in [0.15, 0.2) is 0 Å². The van der Waals surface area contributed by atoms with Crippen molar-refractivity contribution in [2.75, 3.05) is 5.73 Å². The van der Waals surface area contributed by atoms with Gasteiger partial charge in [-0.3, -0.25) is 0 Å². The number of nitrogens with two attached hydrogens (primary N) is 1. The van der Waals surface area contributed by atoms with E-state index in [-0.39, 0.29) is 5.82 Å². The summed E-state index contributed by atoms with van der Waals surface area (Å²) in [5.74, 6) is -0.254. The Bertz CT molecular complexity index is 436. The molecule has 0 bridgehead atoms. The van der Waals surface area contributed by atoms with Gasteiger partial charge in [-0.15, -0.1) is 24.0 Å². The average molecular weight is 199 g/mol. The van der Waals surface area contributed by atoms with Crippen LogP contribution in [0.3, 0.4) is 0 Å². The van der Waals surface area contributed by atoms with Gasteiger partial charge in [0.2, 0.25) is 0 Å². The number of thiol groups is 1. The van der Waals surface area contributed by atoms with Crippen LogP contribution in [0.2, 0.25) is 0 Å². The van der Waals surface area contributed by atoms with E-state index in [0.717, 1.165) is 10.1 Å². The fraction of sp³-hybridized carbons (Fsp3) is 0. The molecule has 2 N–H and O–H groups in total. The summed E-state index contributed by atoms with van der Waals surface area (Å²) in [5, 5.41) is 1.43. The Kier molecular flexibility index (Phi) is 1.73. The molecule has 0 amide bonds. The van der Waals surface area contributed by atoms with Gasteiger partial charge in [-0.2, -0.15) is 0 Å². The van der Waals surface area contributed by atoms with E-state index in [0.29, 0.717) is 9.90 Å². The Hall–Kier alpha value is -0.740. The van der Waals surface area contributed by atoms with Crippen LogP contribution in [-0.4, -0.2) is 0 Å². The highest BCUT2D eigenvalue weighted by Crippen LogP contribution is 2.36. The zero-order chi connectivity index (χ0) is 8.72. The fourth-order valence-electron chi connectivity index (χ4n) is 1.08. The third-order valence-corrected chi connectivity index (χ3v) is 3.28. The van der Waals surface area contributed by atoms with Crippen LogP contribution in [0, 0.1) is 5.82 Å². The van der Waals surface area contributed by atoms with E-state index in [1.165, 1.54) is 23.5 Å². The van der Waals surface area contributed by atoms with Crippen LogP contribution in [-0.2, 0) is 0 Å². The number of fused-ring (bicyclic) bond motifs is 1. The van der Waals surface area contributed by atoms with Gasteiger partial charge in [0.05, 0.1) is 0 Å². The number of hydrogen-bond acceptors (Lipinski definition) is 3. The summed E-state index contributed by atoms with van der Waals surface area (Å²) in [7, 11) is 0. The monoisotopic (exact) mass is 199 g/mol. The largest absolute Gasteiger partial charge is 0.390 e.